The first-order chi connectivity index (χ1) is 16.5. The monoisotopic (exact) mass is 482 g/mol. The Bertz CT molecular complexity index is 1080. The molecule has 0 aliphatic carbocycles. The maximum atomic E-state index is 12.5. The van der Waals surface area contributed by atoms with Crippen molar-refractivity contribution in [3.63, 3.8) is 0 Å². The number of esters is 1. The molecule has 1 saturated heterocycles. The van der Waals surface area contributed by atoms with E-state index in [0.717, 1.165) is 24.2 Å². The van der Waals surface area contributed by atoms with Crippen molar-refractivity contribution in [3.05, 3.63) is 94.4 Å². The molecule has 178 valence electrons. The molecule has 1 atom stereocenters. The second-order valence-electron chi connectivity index (χ2n) is 8.11. The summed E-state index contributed by atoms with van der Waals surface area (Å²) in [5, 5.41) is 0.672. The highest BCUT2D eigenvalue weighted by molar-refractivity contribution is 6.30. The first-order valence-electron chi connectivity index (χ1n) is 11.1. The summed E-state index contributed by atoms with van der Waals surface area (Å²) in [4.78, 5) is 28.3. The summed E-state index contributed by atoms with van der Waals surface area (Å²) in [5.74, 6) is -0.0734. The molecule has 0 spiro atoms. The molecule has 0 bridgehead atoms. The lowest BCUT2D eigenvalue weighted by Crippen LogP contribution is -2.49. The van der Waals surface area contributed by atoms with Crippen LogP contribution in [0, 0.1) is 0 Å². The number of hydrogen-bond acceptors (Lipinski definition) is 6. The van der Waals surface area contributed by atoms with Gasteiger partial charge in [-0.25, -0.2) is 4.79 Å². The molecule has 34 heavy (non-hydrogen) atoms. The van der Waals surface area contributed by atoms with E-state index >= 15 is 0 Å². The van der Waals surface area contributed by atoms with Gasteiger partial charge in [0.1, 0.15) is 0 Å². The van der Waals surface area contributed by atoms with Gasteiger partial charge in [-0.3, -0.25) is 9.69 Å². The normalized spacial score (nSPS) is 15.2. The molecular weight excluding hydrogens is 456 g/mol. The molecule has 0 radical (unpaired) electrons. The number of methoxy groups -OCH3 is 1. The molecule has 1 unspecified atom stereocenters. The number of ether oxygens (including phenoxy) is 2. The lowest BCUT2D eigenvalue weighted by molar-refractivity contribution is 0.00309. The van der Waals surface area contributed by atoms with Crippen molar-refractivity contribution in [3.8, 4) is 0 Å². The summed E-state index contributed by atoms with van der Waals surface area (Å²) >= 11 is 6.09. The van der Waals surface area contributed by atoms with Crippen LogP contribution in [0.4, 0.5) is 0 Å². The standard InChI is InChI=1S/C26H27ClN2O5/c1-32-26(31)21-6-4-19(5-7-21)18-34-24(20-8-10-22(27)11-9-20)17-28-12-14-29(15-13-28)25(30)23-3-2-16-33-23/h2-11,16,24H,12-15,17-18H2,1H3. The fraction of sp³-hybridized carbons (Fsp3) is 0.308. The van der Waals surface area contributed by atoms with Crippen LogP contribution in [0.2, 0.25) is 5.02 Å². The topological polar surface area (TPSA) is 72.2 Å². The summed E-state index contributed by atoms with van der Waals surface area (Å²) < 4.78 is 16.3. The first kappa shape index (κ1) is 24.0. The fourth-order valence-corrected chi connectivity index (χ4v) is 4.03. The summed E-state index contributed by atoms with van der Waals surface area (Å²) in [6.45, 7) is 3.82. The van der Waals surface area contributed by atoms with E-state index in [1.165, 1.54) is 13.4 Å². The van der Waals surface area contributed by atoms with Crippen molar-refractivity contribution in [2.24, 2.45) is 0 Å². The first-order valence-corrected chi connectivity index (χ1v) is 11.5. The molecule has 1 amide bonds. The largest absolute Gasteiger partial charge is 0.465 e. The van der Waals surface area contributed by atoms with Crippen LogP contribution < -0.4 is 0 Å². The maximum absolute atomic E-state index is 12.5. The molecule has 1 fully saturated rings. The van der Waals surface area contributed by atoms with Gasteiger partial charge in [-0.05, 0) is 47.5 Å². The van der Waals surface area contributed by atoms with Crippen LogP contribution >= 0.6 is 11.6 Å². The fourth-order valence-electron chi connectivity index (χ4n) is 3.91. The molecule has 2 aromatic carbocycles. The van der Waals surface area contributed by atoms with Crippen molar-refractivity contribution < 1.29 is 23.5 Å². The number of benzene rings is 2. The van der Waals surface area contributed by atoms with Gasteiger partial charge >= 0.3 is 5.97 Å². The van der Waals surface area contributed by atoms with Gasteiger partial charge in [0.15, 0.2) is 5.76 Å². The summed E-state index contributed by atoms with van der Waals surface area (Å²) in [6, 6.07) is 18.3. The average molecular weight is 483 g/mol. The Labute approximate surface area is 203 Å². The van der Waals surface area contributed by atoms with E-state index in [0.29, 0.717) is 42.6 Å². The lowest BCUT2D eigenvalue weighted by Gasteiger charge is -2.36. The van der Waals surface area contributed by atoms with Crippen molar-refractivity contribution in [2.45, 2.75) is 12.7 Å². The number of hydrogen-bond donors (Lipinski definition) is 0. The van der Waals surface area contributed by atoms with Gasteiger partial charge in [-0.15, -0.1) is 0 Å². The number of halogens is 1. The average Bonchev–Trinajstić information content (AvgIpc) is 3.42. The Morgan fingerprint density at radius 1 is 1.00 bits per heavy atom. The zero-order valence-corrected chi connectivity index (χ0v) is 19.7. The Hall–Kier alpha value is -3.13. The molecule has 0 N–H and O–H groups in total. The number of amides is 1. The summed E-state index contributed by atoms with van der Waals surface area (Å²) in [7, 11) is 1.36. The molecule has 4 rings (SSSR count). The Morgan fingerprint density at radius 2 is 1.71 bits per heavy atom. The predicted molar refractivity (Wildman–Crippen MR) is 128 cm³/mol. The van der Waals surface area contributed by atoms with Gasteiger partial charge in [0.2, 0.25) is 0 Å². The van der Waals surface area contributed by atoms with Crippen molar-refractivity contribution >= 4 is 23.5 Å². The smallest absolute Gasteiger partial charge is 0.337 e. The lowest BCUT2D eigenvalue weighted by atomic mass is 10.1. The third-order valence-electron chi connectivity index (χ3n) is 5.88. The number of furan rings is 1. The Kier molecular flexibility index (Phi) is 8.00. The highest BCUT2D eigenvalue weighted by Gasteiger charge is 2.26. The second-order valence-corrected chi connectivity index (χ2v) is 8.55. The van der Waals surface area contributed by atoms with E-state index in [1.54, 1.807) is 24.3 Å². The molecule has 8 heteroatoms. The van der Waals surface area contributed by atoms with Gasteiger partial charge in [0, 0.05) is 37.7 Å². The van der Waals surface area contributed by atoms with Gasteiger partial charge in [-0.2, -0.15) is 0 Å². The van der Waals surface area contributed by atoms with Crippen LogP contribution in [0.1, 0.15) is 38.1 Å². The molecule has 1 aliphatic heterocycles. The van der Waals surface area contributed by atoms with Crippen molar-refractivity contribution in [2.75, 3.05) is 39.8 Å². The van der Waals surface area contributed by atoms with Crippen LogP contribution in [0.25, 0.3) is 0 Å². The van der Waals surface area contributed by atoms with E-state index in [9.17, 15) is 9.59 Å². The Morgan fingerprint density at radius 3 is 2.32 bits per heavy atom. The van der Waals surface area contributed by atoms with E-state index in [1.807, 2.05) is 41.3 Å². The minimum absolute atomic E-state index is 0.0782. The molecular formula is C26H27ClN2O5. The Balaban J connectivity index is 1.38. The molecule has 1 aromatic heterocycles. The van der Waals surface area contributed by atoms with Crippen LogP contribution in [0.3, 0.4) is 0 Å². The van der Waals surface area contributed by atoms with E-state index in [2.05, 4.69) is 4.90 Å². The van der Waals surface area contributed by atoms with E-state index in [-0.39, 0.29) is 18.0 Å². The van der Waals surface area contributed by atoms with Gasteiger partial charge in [0.25, 0.3) is 5.91 Å². The maximum Gasteiger partial charge on any atom is 0.337 e. The molecule has 7 nitrogen and oxygen atoms in total. The van der Waals surface area contributed by atoms with Gasteiger partial charge < -0.3 is 18.8 Å². The zero-order chi connectivity index (χ0) is 23.9. The van der Waals surface area contributed by atoms with E-state index in [4.69, 9.17) is 25.5 Å². The third kappa shape index (κ3) is 6.05. The predicted octanol–water partition coefficient (Wildman–Crippen LogP) is 4.44. The third-order valence-corrected chi connectivity index (χ3v) is 6.14. The van der Waals surface area contributed by atoms with Crippen LogP contribution in [0.15, 0.2) is 71.3 Å². The van der Waals surface area contributed by atoms with Gasteiger partial charge in [-0.1, -0.05) is 35.9 Å². The molecule has 0 saturated carbocycles. The highest BCUT2D eigenvalue weighted by Crippen LogP contribution is 2.24. The molecule has 1 aliphatic rings. The number of nitrogens with zero attached hydrogens (tertiary/aromatic N) is 2. The van der Waals surface area contributed by atoms with E-state index < -0.39 is 0 Å². The second kappa shape index (κ2) is 11.3. The quantitative estimate of drug-likeness (QED) is 0.442. The van der Waals surface area contributed by atoms with Gasteiger partial charge in [0.05, 0.1) is 31.6 Å². The minimum atomic E-state index is -0.365. The molecule has 3 aromatic rings. The number of carbonyl (C=O) groups is 2. The highest BCUT2D eigenvalue weighted by atomic mass is 35.5. The van der Waals surface area contributed by atoms with Crippen LogP contribution in [-0.4, -0.2) is 61.5 Å². The minimum Gasteiger partial charge on any atom is -0.465 e. The number of rotatable bonds is 8. The zero-order valence-electron chi connectivity index (χ0n) is 19.0. The van der Waals surface area contributed by atoms with Crippen molar-refractivity contribution in [1.82, 2.24) is 9.80 Å². The van der Waals surface area contributed by atoms with Crippen LogP contribution in [0.5, 0.6) is 0 Å². The number of piperazine rings is 1. The number of carbonyl (C=O) groups excluding carboxylic acids is 2. The SMILES string of the molecule is COC(=O)c1ccc(COC(CN2CCN(C(=O)c3ccco3)CC2)c2ccc(Cl)cc2)cc1. The van der Waals surface area contributed by atoms with Crippen molar-refractivity contribution in [1.29, 1.82) is 0 Å². The summed E-state index contributed by atoms with van der Waals surface area (Å²) in [6.07, 6.45) is 1.34. The van der Waals surface area contributed by atoms with Crippen LogP contribution in [-0.2, 0) is 16.1 Å². The summed E-state index contributed by atoms with van der Waals surface area (Å²) in [5.41, 5.74) is 2.49. The molecule has 2 heterocycles.